The molecule has 0 amide bonds. The number of nitrogens with zero attached hydrogens (tertiary/aromatic N) is 3. The molecule has 0 unspecified atom stereocenters. The summed E-state index contributed by atoms with van der Waals surface area (Å²) in [7, 11) is 8.52. The fourth-order valence-electron chi connectivity index (χ4n) is 1.26. The number of thiophene rings is 1. The van der Waals surface area contributed by atoms with E-state index >= 15 is 0 Å². The predicted octanol–water partition coefficient (Wildman–Crippen LogP) is 1.83. The minimum Gasteiger partial charge on any atom is -0.289 e. The second kappa shape index (κ2) is 2.56. The summed E-state index contributed by atoms with van der Waals surface area (Å²) < 4.78 is 2.80. The number of aromatic nitrogens is 2. The third-order valence-electron chi connectivity index (χ3n) is 2.05. The van der Waals surface area contributed by atoms with Crippen molar-refractivity contribution >= 4 is 26.6 Å². The van der Waals surface area contributed by atoms with E-state index in [1.54, 1.807) is 0 Å². The molecular formula is C9H14N3S+. The van der Waals surface area contributed by atoms with Crippen LogP contribution < -0.4 is 4.48 Å². The molecule has 0 aromatic carbocycles. The predicted molar refractivity (Wildman–Crippen MR) is 58.2 cm³/mol. The highest BCUT2D eigenvalue weighted by Crippen LogP contribution is 2.33. The largest absolute Gasteiger partial charge is 0.289 e. The van der Waals surface area contributed by atoms with Crippen molar-refractivity contribution in [3.05, 3.63) is 12.3 Å². The Morgan fingerprint density at radius 3 is 2.62 bits per heavy atom. The summed E-state index contributed by atoms with van der Waals surface area (Å²) in [6, 6.07) is 2.22. The molecule has 70 valence electrons. The Morgan fingerprint density at radius 1 is 1.38 bits per heavy atom. The number of aryl methyl sites for hydroxylation is 1. The number of rotatable bonds is 1. The molecule has 13 heavy (non-hydrogen) atoms. The second-order valence-corrected chi connectivity index (χ2v) is 5.13. The highest BCUT2D eigenvalue weighted by atomic mass is 32.1. The molecule has 0 fully saturated rings. The highest BCUT2D eigenvalue weighted by molar-refractivity contribution is 7.22. The molecule has 0 bridgehead atoms. The molecular weight excluding hydrogens is 182 g/mol. The van der Waals surface area contributed by atoms with Gasteiger partial charge in [-0.05, 0) is 0 Å². The third-order valence-corrected chi connectivity index (χ3v) is 3.62. The standard InChI is InChI=1S/C9H14N3S/c1-11-9-7(6-10-11)5-8(13-9)12(2,3)4/h5-6H,1-4H3/q+1. The van der Waals surface area contributed by atoms with Gasteiger partial charge in [-0.15, -0.1) is 0 Å². The molecule has 2 aromatic rings. The van der Waals surface area contributed by atoms with Gasteiger partial charge in [-0.25, -0.2) is 0 Å². The minimum absolute atomic E-state index is 0.874. The molecule has 0 N–H and O–H groups in total. The van der Waals surface area contributed by atoms with Gasteiger partial charge in [0.2, 0.25) is 0 Å². The molecule has 3 nitrogen and oxygen atoms in total. The van der Waals surface area contributed by atoms with Gasteiger partial charge in [0.1, 0.15) is 4.83 Å². The summed E-state index contributed by atoms with van der Waals surface area (Å²) in [6.07, 6.45) is 1.92. The van der Waals surface area contributed by atoms with Crippen LogP contribution in [0.5, 0.6) is 0 Å². The first-order valence-electron chi connectivity index (χ1n) is 4.22. The number of fused-ring (bicyclic) bond motifs is 1. The normalized spacial score (nSPS) is 12.6. The smallest absolute Gasteiger partial charge is 0.190 e. The molecule has 0 atom stereocenters. The molecule has 0 saturated carbocycles. The van der Waals surface area contributed by atoms with Crippen LogP contribution in [0.2, 0.25) is 0 Å². The Labute approximate surface area is 81.8 Å². The first-order valence-corrected chi connectivity index (χ1v) is 5.04. The van der Waals surface area contributed by atoms with Crippen molar-refractivity contribution in [2.45, 2.75) is 0 Å². The monoisotopic (exact) mass is 196 g/mol. The van der Waals surface area contributed by atoms with Gasteiger partial charge in [-0.1, -0.05) is 11.3 Å². The van der Waals surface area contributed by atoms with Crippen LogP contribution in [0.3, 0.4) is 0 Å². The van der Waals surface area contributed by atoms with Crippen LogP contribution in [0.25, 0.3) is 10.2 Å². The van der Waals surface area contributed by atoms with Gasteiger partial charge >= 0.3 is 0 Å². The fraction of sp³-hybridized carbons (Fsp3) is 0.444. The zero-order valence-corrected chi connectivity index (χ0v) is 9.22. The van der Waals surface area contributed by atoms with Crippen LogP contribution in [-0.4, -0.2) is 30.9 Å². The van der Waals surface area contributed by atoms with Gasteiger partial charge in [0.25, 0.3) is 0 Å². The molecule has 2 aromatic heterocycles. The quantitative estimate of drug-likeness (QED) is 0.636. The van der Waals surface area contributed by atoms with Crippen molar-refractivity contribution in [3.63, 3.8) is 0 Å². The fourth-order valence-corrected chi connectivity index (χ4v) is 2.33. The molecule has 0 saturated heterocycles. The van der Waals surface area contributed by atoms with Crippen molar-refractivity contribution in [2.75, 3.05) is 21.1 Å². The van der Waals surface area contributed by atoms with Gasteiger partial charge < -0.3 is 0 Å². The van der Waals surface area contributed by atoms with E-state index in [-0.39, 0.29) is 0 Å². The van der Waals surface area contributed by atoms with E-state index in [9.17, 15) is 0 Å². The lowest BCUT2D eigenvalue weighted by atomic mass is 10.4. The van der Waals surface area contributed by atoms with E-state index in [1.807, 2.05) is 29.3 Å². The maximum atomic E-state index is 4.20. The van der Waals surface area contributed by atoms with Crippen molar-refractivity contribution < 1.29 is 0 Å². The first-order chi connectivity index (χ1) is 5.98. The SMILES string of the molecule is Cn1ncc2cc([N+](C)(C)C)sc21. The average molecular weight is 196 g/mol. The Bertz CT molecular complexity index is 433. The van der Waals surface area contributed by atoms with E-state index in [0.29, 0.717) is 0 Å². The lowest BCUT2D eigenvalue weighted by Crippen LogP contribution is -2.33. The van der Waals surface area contributed by atoms with E-state index < -0.39 is 0 Å². The summed E-state index contributed by atoms with van der Waals surface area (Å²) >= 11 is 1.81. The maximum Gasteiger partial charge on any atom is 0.190 e. The summed E-state index contributed by atoms with van der Waals surface area (Å²) in [6.45, 7) is 0. The summed E-state index contributed by atoms with van der Waals surface area (Å²) in [4.78, 5) is 1.25. The van der Waals surface area contributed by atoms with Gasteiger partial charge in [0.15, 0.2) is 5.00 Å². The van der Waals surface area contributed by atoms with Crippen LogP contribution in [-0.2, 0) is 7.05 Å². The van der Waals surface area contributed by atoms with E-state index in [2.05, 4.69) is 32.3 Å². The lowest BCUT2D eigenvalue weighted by Gasteiger charge is -2.20. The molecule has 2 heterocycles. The number of hydrogen-bond donors (Lipinski definition) is 0. The Balaban J connectivity index is 2.63. The van der Waals surface area contributed by atoms with Crippen molar-refractivity contribution in [2.24, 2.45) is 7.05 Å². The van der Waals surface area contributed by atoms with Crippen LogP contribution in [0.1, 0.15) is 0 Å². The van der Waals surface area contributed by atoms with Gasteiger partial charge in [0, 0.05) is 18.5 Å². The molecule has 0 aliphatic carbocycles. The molecule has 0 radical (unpaired) electrons. The summed E-state index contributed by atoms with van der Waals surface area (Å²) in [5, 5.41) is 6.81. The zero-order chi connectivity index (χ0) is 9.64. The van der Waals surface area contributed by atoms with Crippen molar-refractivity contribution in [1.29, 1.82) is 0 Å². The minimum atomic E-state index is 0.874. The maximum absolute atomic E-state index is 4.20. The number of hydrogen-bond acceptors (Lipinski definition) is 2. The van der Waals surface area contributed by atoms with Crippen molar-refractivity contribution in [1.82, 2.24) is 14.3 Å². The van der Waals surface area contributed by atoms with Gasteiger partial charge in [0.05, 0.1) is 27.3 Å². The summed E-state index contributed by atoms with van der Waals surface area (Å²) in [5.74, 6) is 0. The molecule has 0 spiro atoms. The zero-order valence-electron chi connectivity index (χ0n) is 8.40. The van der Waals surface area contributed by atoms with E-state index in [0.717, 1.165) is 4.48 Å². The second-order valence-electron chi connectivity index (χ2n) is 4.13. The Kier molecular flexibility index (Phi) is 1.72. The summed E-state index contributed by atoms with van der Waals surface area (Å²) in [5.41, 5.74) is 0. The molecule has 0 aliphatic rings. The first kappa shape index (κ1) is 8.72. The van der Waals surface area contributed by atoms with Crippen LogP contribution in [0.4, 0.5) is 5.00 Å². The van der Waals surface area contributed by atoms with Crippen LogP contribution in [0, 0.1) is 0 Å². The van der Waals surface area contributed by atoms with Crippen molar-refractivity contribution in [3.8, 4) is 0 Å². The third kappa shape index (κ3) is 1.36. The Morgan fingerprint density at radius 2 is 2.08 bits per heavy atom. The molecule has 4 heteroatoms. The number of quaternary nitrogens is 1. The average Bonchev–Trinajstić information content (AvgIpc) is 2.51. The molecule has 2 rings (SSSR count). The topological polar surface area (TPSA) is 17.8 Å². The van der Waals surface area contributed by atoms with Crippen LogP contribution in [0.15, 0.2) is 12.3 Å². The Hall–Kier alpha value is -0.870. The van der Waals surface area contributed by atoms with Gasteiger partial charge in [-0.2, -0.15) is 5.10 Å². The molecule has 0 aliphatic heterocycles. The van der Waals surface area contributed by atoms with Gasteiger partial charge in [-0.3, -0.25) is 9.16 Å². The van der Waals surface area contributed by atoms with Crippen LogP contribution >= 0.6 is 11.3 Å². The highest BCUT2D eigenvalue weighted by Gasteiger charge is 2.17. The van der Waals surface area contributed by atoms with E-state index in [1.165, 1.54) is 15.2 Å². The van der Waals surface area contributed by atoms with E-state index in [4.69, 9.17) is 0 Å². The lowest BCUT2D eigenvalue weighted by molar-refractivity contribution is 0.496.